The summed E-state index contributed by atoms with van der Waals surface area (Å²) in [5.74, 6) is -0.342. The summed E-state index contributed by atoms with van der Waals surface area (Å²) >= 11 is 6.14. The van der Waals surface area contributed by atoms with Gasteiger partial charge in [0, 0.05) is 11.8 Å². The fraction of sp³-hybridized carbons (Fsp3) is 0.0769. The van der Waals surface area contributed by atoms with Gasteiger partial charge in [0.1, 0.15) is 5.82 Å². The Labute approximate surface area is 103 Å². The quantitative estimate of drug-likeness (QED) is 0.812. The normalized spacial score (nSPS) is 9.94. The molecule has 0 aliphatic heterocycles. The van der Waals surface area contributed by atoms with E-state index in [9.17, 15) is 4.39 Å². The summed E-state index contributed by atoms with van der Waals surface area (Å²) in [4.78, 5) is 4.12. The first-order valence-corrected chi connectivity index (χ1v) is 5.36. The summed E-state index contributed by atoms with van der Waals surface area (Å²) in [5.41, 5.74) is 1.80. The molecule has 0 radical (unpaired) electrons. The minimum absolute atomic E-state index is 0.212. The topological polar surface area (TPSA) is 36.7 Å². The first kappa shape index (κ1) is 11.6. The summed E-state index contributed by atoms with van der Waals surface area (Å²) in [5, 5.41) is 9.06. The van der Waals surface area contributed by atoms with Crippen LogP contribution in [0.25, 0.3) is 11.3 Å². The highest BCUT2D eigenvalue weighted by atomic mass is 35.5. The SMILES string of the molecule is N#CCc1ccnc(-c2cccc(F)c2)c1Cl. The molecule has 17 heavy (non-hydrogen) atoms. The number of nitriles is 1. The highest BCUT2D eigenvalue weighted by molar-refractivity contribution is 6.33. The Morgan fingerprint density at radius 1 is 1.35 bits per heavy atom. The molecule has 0 saturated heterocycles. The first-order valence-electron chi connectivity index (χ1n) is 4.98. The zero-order valence-electron chi connectivity index (χ0n) is 8.82. The monoisotopic (exact) mass is 246 g/mol. The number of halogens is 2. The lowest BCUT2D eigenvalue weighted by Crippen LogP contribution is -1.91. The van der Waals surface area contributed by atoms with E-state index in [1.54, 1.807) is 24.4 Å². The number of nitrogens with zero attached hydrogens (tertiary/aromatic N) is 2. The first-order chi connectivity index (χ1) is 8.22. The van der Waals surface area contributed by atoms with Crippen molar-refractivity contribution in [2.24, 2.45) is 0 Å². The fourth-order valence-corrected chi connectivity index (χ4v) is 1.83. The minimum Gasteiger partial charge on any atom is -0.255 e. The molecule has 0 bridgehead atoms. The van der Waals surface area contributed by atoms with Gasteiger partial charge in [-0.2, -0.15) is 5.26 Å². The Hall–Kier alpha value is -1.92. The molecule has 0 spiro atoms. The maximum absolute atomic E-state index is 13.1. The molecule has 2 rings (SSSR count). The molecule has 2 aromatic rings. The zero-order valence-corrected chi connectivity index (χ0v) is 9.58. The molecule has 0 saturated carbocycles. The molecular weight excluding hydrogens is 239 g/mol. The van der Waals surface area contributed by atoms with E-state index in [0.717, 1.165) is 0 Å². The van der Waals surface area contributed by atoms with Crippen LogP contribution < -0.4 is 0 Å². The molecule has 0 atom stereocenters. The third-order valence-corrected chi connectivity index (χ3v) is 2.76. The summed E-state index contributed by atoms with van der Waals surface area (Å²) in [6.45, 7) is 0. The van der Waals surface area contributed by atoms with E-state index in [0.29, 0.717) is 21.8 Å². The lowest BCUT2D eigenvalue weighted by Gasteiger charge is -2.06. The zero-order chi connectivity index (χ0) is 12.3. The van der Waals surface area contributed by atoms with Gasteiger partial charge in [-0.25, -0.2) is 4.39 Å². The molecule has 0 aliphatic carbocycles. The van der Waals surface area contributed by atoms with Crippen molar-refractivity contribution in [3.63, 3.8) is 0 Å². The van der Waals surface area contributed by atoms with Crippen LogP contribution in [0, 0.1) is 17.1 Å². The van der Waals surface area contributed by atoms with Crippen molar-refractivity contribution in [1.29, 1.82) is 5.26 Å². The van der Waals surface area contributed by atoms with Gasteiger partial charge >= 0.3 is 0 Å². The van der Waals surface area contributed by atoms with Crippen molar-refractivity contribution in [3.05, 3.63) is 52.9 Å². The number of pyridine rings is 1. The van der Waals surface area contributed by atoms with E-state index in [4.69, 9.17) is 16.9 Å². The molecule has 1 heterocycles. The second-order valence-electron chi connectivity index (χ2n) is 3.48. The van der Waals surface area contributed by atoms with Crippen LogP contribution in [0.15, 0.2) is 36.5 Å². The van der Waals surface area contributed by atoms with Crippen LogP contribution >= 0.6 is 11.6 Å². The molecule has 1 aromatic carbocycles. The average Bonchev–Trinajstić information content (AvgIpc) is 2.32. The van der Waals surface area contributed by atoms with Crippen molar-refractivity contribution < 1.29 is 4.39 Å². The van der Waals surface area contributed by atoms with Crippen LogP contribution in [0.4, 0.5) is 4.39 Å². The number of hydrogen-bond acceptors (Lipinski definition) is 2. The molecule has 1 aromatic heterocycles. The van der Waals surface area contributed by atoms with Crippen LogP contribution in [0.5, 0.6) is 0 Å². The molecule has 0 aliphatic rings. The van der Waals surface area contributed by atoms with Crippen LogP contribution in [0.2, 0.25) is 5.02 Å². The molecule has 0 amide bonds. The second kappa shape index (κ2) is 4.94. The second-order valence-corrected chi connectivity index (χ2v) is 3.86. The average molecular weight is 247 g/mol. The predicted octanol–water partition coefficient (Wildman–Crippen LogP) is 3.61. The van der Waals surface area contributed by atoms with Gasteiger partial charge in [-0.1, -0.05) is 23.7 Å². The van der Waals surface area contributed by atoms with Crippen LogP contribution in [-0.2, 0) is 6.42 Å². The minimum atomic E-state index is -0.342. The standard InChI is InChI=1S/C13H8ClFN2/c14-12-9(4-6-16)5-7-17-13(12)10-2-1-3-11(15)8-10/h1-3,5,7-8H,4H2. The fourth-order valence-electron chi connectivity index (χ4n) is 1.54. The van der Waals surface area contributed by atoms with Crippen LogP contribution in [0.1, 0.15) is 5.56 Å². The molecule has 2 nitrogen and oxygen atoms in total. The van der Waals surface area contributed by atoms with Gasteiger partial charge in [-0.05, 0) is 23.8 Å². The third kappa shape index (κ3) is 2.43. The summed E-state index contributed by atoms with van der Waals surface area (Å²) in [7, 11) is 0. The highest BCUT2D eigenvalue weighted by Crippen LogP contribution is 2.28. The smallest absolute Gasteiger partial charge is 0.123 e. The van der Waals surface area contributed by atoms with E-state index >= 15 is 0 Å². The lowest BCUT2D eigenvalue weighted by molar-refractivity contribution is 0.628. The van der Waals surface area contributed by atoms with Gasteiger partial charge in [0.15, 0.2) is 0 Å². The molecule has 84 valence electrons. The van der Waals surface area contributed by atoms with Crippen molar-refractivity contribution >= 4 is 11.6 Å². The Bertz CT molecular complexity index is 590. The Morgan fingerprint density at radius 2 is 2.18 bits per heavy atom. The third-order valence-electron chi connectivity index (χ3n) is 2.34. The van der Waals surface area contributed by atoms with Crippen molar-refractivity contribution in [3.8, 4) is 17.3 Å². The predicted molar refractivity (Wildman–Crippen MR) is 64.0 cm³/mol. The number of aromatic nitrogens is 1. The van der Waals surface area contributed by atoms with Crippen molar-refractivity contribution in [2.45, 2.75) is 6.42 Å². The largest absolute Gasteiger partial charge is 0.255 e. The number of hydrogen-bond donors (Lipinski definition) is 0. The van der Waals surface area contributed by atoms with Gasteiger partial charge in [0.05, 0.1) is 23.2 Å². The van der Waals surface area contributed by atoms with Gasteiger partial charge in [-0.3, -0.25) is 4.98 Å². The van der Waals surface area contributed by atoms with E-state index < -0.39 is 0 Å². The molecule has 4 heteroatoms. The van der Waals surface area contributed by atoms with E-state index in [2.05, 4.69) is 4.98 Å². The number of benzene rings is 1. The van der Waals surface area contributed by atoms with E-state index in [1.165, 1.54) is 12.1 Å². The highest BCUT2D eigenvalue weighted by Gasteiger charge is 2.09. The summed E-state index contributed by atoms with van der Waals surface area (Å²) in [6.07, 6.45) is 1.78. The van der Waals surface area contributed by atoms with Crippen molar-refractivity contribution in [2.75, 3.05) is 0 Å². The summed E-state index contributed by atoms with van der Waals surface area (Å²) < 4.78 is 13.1. The van der Waals surface area contributed by atoms with Gasteiger partial charge < -0.3 is 0 Å². The van der Waals surface area contributed by atoms with E-state index in [1.807, 2.05) is 6.07 Å². The lowest BCUT2D eigenvalue weighted by atomic mass is 10.1. The van der Waals surface area contributed by atoms with Gasteiger partial charge in [0.25, 0.3) is 0 Å². The van der Waals surface area contributed by atoms with Crippen molar-refractivity contribution in [1.82, 2.24) is 4.98 Å². The molecular formula is C13H8ClFN2. The van der Waals surface area contributed by atoms with Gasteiger partial charge in [-0.15, -0.1) is 0 Å². The molecule has 0 unspecified atom stereocenters. The van der Waals surface area contributed by atoms with Crippen LogP contribution in [0.3, 0.4) is 0 Å². The maximum atomic E-state index is 13.1. The van der Waals surface area contributed by atoms with Gasteiger partial charge in [0.2, 0.25) is 0 Å². The van der Waals surface area contributed by atoms with Crippen LogP contribution in [-0.4, -0.2) is 4.98 Å². The maximum Gasteiger partial charge on any atom is 0.123 e. The Balaban J connectivity index is 2.53. The van der Waals surface area contributed by atoms with E-state index in [-0.39, 0.29) is 12.2 Å². The Kier molecular flexibility index (Phi) is 3.36. The molecule has 0 N–H and O–H groups in total. The molecule has 0 fully saturated rings. The number of rotatable bonds is 2. The Morgan fingerprint density at radius 3 is 2.88 bits per heavy atom. The summed E-state index contributed by atoms with van der Waals surface area (Å²) in [6, 6.07) is 9.77.